The number of benzene rings is 1. The first kappa shape index (κ1) is 12.1. The minimum atomic E-state index is -3.23. The largest absolute Gasteiger partial charge is 0.508 e. The molecule has 4 nitrogen and oxygen atoms in total. The van der Waals surface area contributed by atoms with Gasteiger partial charge in [-0.15, -0.1) is 0 Å². The van der Waals surface area contributed by atoms with Crippen molar-refractivity contribution < 1.29 is 23.4 Å². The maximum absolute atomic E-state index is 13.6. The summed E-state index contributed by atoms with van der Waals surface area (Å²) in [6, 6.07) is 2.44. The number of ether oxygens (including phenoxy) is 1. The summed E-state index contributed by atoms with van der Waals surface area (Å²) < 4.78 is 31.8. The zero-order chi connectivity index (χ0) is 12.6. The van der Waals surface area contributed by atoms with Gasteiger partial charge in [-0.2, -0.15) is 0 Å². The second-order valence-corrected chi connectivity index (χ2v) is 4.47. The fourth-order valence-corrected chi connectivity index (χ4v) is 2.04. The van der Waals surface area contributed by atoms with Crippen molar-refractivity contribution in [3.05, 3.63) is 28.2 Å². The Morgan fingerprint density at radius 1 is 1.53 bits per heavy atom. The third-order valence-corrected chi connectivity index (χ3v) is 3.09. The van der Waals surface area contributed by atoms with Gasteiger partial charge in [0, 0.05) is 4.47 Å². The molecule has 1 aliphatic heterocycles. The van der Waals surface area contributed by atoms with Gasteiger partial charge in [-0.05, 0) is 23.8 Å². The summed E-state index contributed by atoms with van der Waals surface area (Å²) >= 11 is 3.10. The van der Waals surface area contributed by atoms with Gasteiger partial charge in [-0.3, -0.25) is 0 Å². The topological polar surface area (TPSA) is 58.6 Å². The van der Waals surface area contributed by atoms with Crippen LogP contribution in [-0.2, 0) is 4.74 Å². The second-order valence-electron chi connectivity index (χ2n) is 3.62. The molecule has 1 aliphatic rings. The number of aromatic hydroxyl groups is 1. The fourth-order valence-electron chi connectivity index (χ4n) is 1.57. The van der Waals surface area contributed by atoms with E-state index in [9.17, 15) is 18.7 Å². The number of phenols is 1. The minimum Gasteiger partial charge on any atom is -0.508 e. The number of hydrogen-bond acceptors (Lipinski definition) is 3. The Hall–Kier alpha value is -1.37. The molecule has 1 fully saturated rings. The van der Waals surface area contributed by atoms with E-state index >= 15 is 0 Å². The van der Waals surface area contributed by atoms with Gasteiger partial charge < -0.3 is 15.2 Å². The van der Waals surface area contributed by atoms with Crippen molar-refractivity contribution in [1.29, 1.82) is 0 Å². The van der Waals surface area contributed by atoms with Gasteiger partial charge in [0.25, 0.3) is 0 Å². The van der Waals surface area contributed by atoms with Crippen LogP contribution in [0.1, 0.15) is 11.6 Å². The molecule has 2 N–H and O–H groups in total. The minimum absolute atomic E-state index is 0.103. The summed E-state index contributed by atoms with van der Waals surface area (Å²) in [5.74, 6) is -3.38. The Labute approximate surface area is 104 Å². The Morgan fingerprint density at radius 2 is 2.24 bits per heavy atom. The summed E-state index contributed by atoms with van der Waals surface area (Å²) in [6.07, 6.45) is -0.906. The summed E-state index contributed by atoms with van der Waals surface area (Å²) in [7, 11) is 0. The van der Waals surface area contributed by atoms with E-state index in [1.807, 2.05) is 5.32 Å². The van der Waals surface area contributed by atoms with Crippen molar-refractivity contribution in [2.24, 2.45) is 0 Å². The molecule has 2 rings (SSSR count). The van der Waals surface area contributed by atoms with Crippen LogP contribution in [0.4, 0.5) is 13.6 Å². The van der Waals surface area contributed by atoms with Crippen molar-refractivity contribution in [2.75, 3.05) is 6.61 Å². The van der Waals surface area contributed by atoms with Crippen LogP contribution in [0.15, 0.2) is 22.7 Å². The quantitative estimate of drug-likeness (QED) is 0.838. The van der Waals surface area contributed by atoms with Crippen LogP contribution in [0, 0.1) is 0 Å². The fraction of sp³-hybridized carbons (Fsp3) is 0.300. The molecule has 0 bridgehead atoms. The van der Waals surface area contributed by atoms with E-state index in [4.69, 9.17) is 0 Å². The highest BCUT2D eigenvalue weighted by Gasteiger charge is 2.47. The van der Waals surface area contributed by atoms with E-state index in [-0.39, 0.29) is 11.3 Å². The number of carbonyl (C=O) groups excluding carboxylic acids is 1. The number of amides is 1. The van der Waals surface area contributed by atoms with Crippen LogP contribution in [0.25, 0.3) is 0 Å². The first-order chi connectivity index (χ1) is 7.90. The highest BCUT2D eigenvalue weighted by atomic mass is 79.9. The molecule has 7 heteroatoms. The predicted molar refractivity (Wildman–Crippen MR) is 58.0 cm³/mol. The van der Waals surface area contributed by atoms with Crippen molar-refractivity contribution in [3.8, 4) is 5.75 Å². The third-order valence-electron chi connectivity index (χ3n) is 2.37. The van der Waals surface area contributed by atoms with Gasteiger partial charge in [-0.25, -0.2) is 13.6 Å². The summed E-state index contributed by atoms with van der Waals surface area (Å²) in [4.78, 5) is 11.0. The molecule has 1 aromatic carbocycles. The van der Waals surface area contributed by atoms with E-state index in [1.54, 1.807) is 0 Å². The van der Waals surface area contributed by atoms with Gasteiger partial charge >= 0.3 is 12.0 Å². The van der Waals surface area contributed by atoms with Crippen LogP contribution in [0.5, 0.6) is 5.75 Å². The maximum Gasteiger partial charge on any atom is 0.408 e. The molecule has 1 aromatic rings. The third kappa shape index (κ3) is 2.33. The average molecular weight is 308 g/mol. The van der Waals surface area contributed by atoms with Gasteiger partial charge in [-0.1, -0.05) is 15.9 Å². The molecule has 1 saturated heterocycles. The molecular formula is C10H8BrF2NO3. The van der Waals surface area contributed by atoms with Crippen molar-refractivity contribution >= 4 is 22.0 Å². The first-order valence-electron chi connectivity index (χ1n) is 4.70. The Bertz CT molecular complexity index is 467. The lowest BCUT2D eigenvalue weighted by Crippen LogP contribution is -2.49. The van der Waals surface area contributed by atoms with Gasteiger partial charge in [0.1, 0.15) is 11.8 Å². The number of alkyl carbamates (subject to hydrolysis) is 1. The Balaban J connectivity index is 2.42. The average Bonchev–Trinajstić information content (AvgIpc) is 2.26. The predicted octanol–water partition coefficient (Wildman–Crippen LogP) is 2.57. The number of cyclic esters (lactones) is 1. The molecule has 0 spiro atoms. The number of nitrogens with one attached hydrogen (secondary N) is 1. The lowest BCUT2D eigenvalue weighted by Gasteiger charge is -2.32. The molecule has 0 aliphatic carbocycles. The molecule has 0 radical (unpaired) electrons. The van der Waals surface area contributed by atoms with E-state index < -0.39 is 24.7 Å². The van der Waals surface area contributed by atoms with Crippen LogP contribution in [0.3, 0.4) is 0 Å². The zero-order valence-corrected chi connectivity index (χ0v) is 10.0. The van der Waals surface area contributed by atoms with Crippen LogP contribution >= 0.6 is 15.9 Å². The highest BCUT2D eigenvalue weighted by Crippen LogP contribution is 2.38. The molecular weight excluding hydrogens is 300 g/mol. The molecule has 1 amide bonds. The Morgan fingerprint density at radius 3 is 2.94 bits per heavy atom. The molecule has 0 unspecified atom stereocenters. The van der Waals surface area contributed by atoms with Gasteiger partial charge in [0.05, 0.1) is 0 Å². The standard InChI is InChI=1S/C10H8BrF2NO3/c11-7-2-1-5(15)3-6(7)8-10(12,13)4-17-9(16)14-8/h1-3,8,15H,4H2,(H,14,16)/t8-/m1/s1. The lowest BCUT2D eigenvalue weighted by atomic mass is 10.00. The molecule has 0 aromatic heterocycles. The maximum atomic E-state index is 13.6. The zero-order valence-electron chi connectivity index (χ0n) is 8.41. The van der Waals surface area contributed by atoms with Gasteiger partial charge in [0.15, 0.2) is 6.61 Å². The van der Waals surface area contributed by atoms with Crippen molar-refractivity contribution in [2.45, 2.75) is 12.0 Å². The number of phenolic OH excluding ortho intramolecular Hbond substituents is 1. The van der Waals surface area contributed by atoms with Crippen molar-refractivity contribution in [3.63, 3.8) is 0 Å². The number of carbonyl (C=O) groups is 1. The highest BCUT2D eigenvalue weighted by molar-refractivity contribution is 9.10. The summed E-state index contributed by atoms with van der Waals surface area (Å²) in [5, 5.41) is 11.3. The molecule has 92 valence electrons. The monoisotopic (exact) mass is 307 g/mol. The second kappa shape index (κ2) is 4.14. The molecule has 1 heterocycles. The van der Waals surface area contributed by atoms with Crippen LogP contribution in [-0.4, -0.2) is 23.7 Å². The SMILES string of the molecule is O=C1N[C@H](c2cc(O)ccc2Br)C(F)(F)CO1. The lowest BCUT2D eigenvalue weighted by molar-refractivity contribution is -0.104. The van der Waals surface area contributed by atoms with E-state index in [0.717, 1.165) is 0 Å². The smallest absolute Gasteiger partial charge is 0.408 e. The summed E-state index contributed by atoms with van der Waals surface area (Å²) in [6.45, 7) is -0.981. The van der Waals surface area contributed by atoms with Crippen LogP contribution < -0.4 is 5.32 Å². The van der Waals surface area contributed by atoms with Gasteiger partial charge in [0.2, 0.25) is 0 Å². The summed E-state index contributed by atoms with van der Waals surface area (Å²) in [5.41, 5.74) is 0.103. The number of alkyl halides is 2. The molecule has 0 saturated carbocycles. The van der Waals surface area contributed by atoms with Crippen molar-refractivity contribution in [1.82, 2.24) is 5.32 Å². The molecule has 17 heavy (non-hydrogen) atoms. The van der Waals surface area contributed by atoms with E-state index in [1.165, 1.54) is 18.2 Å². The van der Waals surface area contributed by atoms with E-state index in [2.05, 4.69) is 20.7 Å². The number of halogens is 3. The van der Waals surface area contributed by atoms with E-state index in [0.29, 0.717) is 4.47 Å². The van der Waals surface area contributed by atoms with Crippen LogP contribution in [0.2, 0.25) is 0 Å². The number of rotatable bonds is 1. The number of hydrogen-bond donors (Lipinski definition) is 2. The molecule has 1 atom stereocenters. The Kier molecular flexibility index (Phi) is 2.94. The normalized spacial score (nSPS) is 22.8. The first-order valence-corrected chi connectivity index (χ1v) is 5.49.